The van der Waals surface area contributed by atoms with E-state index in [4.69, 9.17) is 17.4 Å². The van der Waals surface area contributed by atoms with Gasteiger partial charge in [-0.25, -0.2) is 15.8 Å². The Hall–Kier alpha value is -0.870. The van der Waals surface area contributed by atoms with E-state index < -0.39 is 0 Å². The highest BCUT2D eigenvalue weighted by molar-refractivity contribution is 6.33. The van der Waals surface area contributed by atoms with Crippen molar-refractivity contribution in [3.63, 3.8) is 0 Å². The molecule has 0 saturated carbocycles. The van der Waals surface area contributed by atoms with E-state index in [1.54, 1.807) is 0 Å². The van der Waals surface area contributed by atoms with Gasteiger partial charge in [-0.15, -0.1) is 0 Å². The van der Waals surface area contributed by atoms with E-state index >= 15 is 0 Å². The molecule has 1 aromatic rings. The van der Waals surface area contributed by atoms with Gasteiger partial charge < -0.3 is 5.43 Å². The number of rotatable bonds is 1. The monoisotopic (exact) mass is 256 g/mol. The van der Waals surface area contributed by atoms with Crippen LogP contribution in [-0.2, 0) is 10.8 Å². The second-order valence-electron chi connectivity index (χ2n) is 6.20. The number of nitrogens with one attached hydrogen (secondary N) is 1. The summed E-state index contributed by atoms with van der Waals surface area (Å²) in [6, 6.07) is 0. The number of nitrogens with zero attached hydrogens (tertiary/aromatic N) is 2. The molecular weight excluding hydrogens is 236 g/mol. The van der Waals surface area contributed by atoms with Crippen LogP contribution in [0, 0.1) is 0 Å². The lowest BCUT2D eigenvalue weighted by molar-refractivity contribution is 0.514. The highest BCUT2D eigenvalue weighted by atomic mass is 35.5. The van der Waals surface area contributed by atoms with Gasteiger partial charge in [0.05, 0.1) is 5.69 Å². The van der Waals surface area contributed by atoms with Crippen LogP contribution >= 0.6 is 11.6 Å². The predicted octanol–water partition coefficient (Wildman–Crippen LogP) is 3.01. The molecule has 0 amide bonds. The van der Waals surface area contributed by atoms with Crippen molar-refractivity contribution in [2.24, 2.45) is 5.84 Å². The summed E-state index contributed by atoms with van der Waals surface area (Å²) in [5, 5.41) is 0.494. The van der Waals surface area contributed by atoms with Gasteiger partial charge in [-0.05, 0) is 0 Å². The van der Waals surface area contributed by atoms with Crippen LogP contribution in [0.4, 0.5) is 5.82 Å². The highest BCUT2D eigenvalue weighted by Gasteiger charge is 2.27. The van der Waals surface area contributed by atoms with Gasteiger partial charge in [-0.3, -0.25) is 0 Å². The van der Waals surface area contributed by atoms with Gasteiger partial charge in [-0.1, -0.05) is 53.1 Å². The third kappa shape index (κ3) is 3.07. The Balaban J connectivity index is 3.50. The van der Waals surface area contributed by atoms with Crippen molar-refractivity contribution in [3.05, 3.63) is 16.5 Å². The fourth-order valence-electron chi connectivity index (χ4n) is 1.38. The molecule has 17 heavy (non-hydrogen) atoms. The number of hydrazine groups is 1. The van der Waals surface area contributed by atoms with Crippen LogP contribution in [0.15, 0.2) is 0 Å². The lowest BCUT2D eigenvalue weighted by Gasteiger charge is -2.25. The summed E-state index contributed by atoms with van der Waals surface area (Å²) in [4.78, 5) is 8.94. The number of hydrogen-bond donors (Lipinski definition) is 2. The highest BCUT2D eigenvalue weighted by Crippen LogP contribution is 2.33. The zero-order chi connectivity index (χ0) is 13.4. The van der Waals surface area contributed by atoms with E-state index in [2.05, 4.69) is 56.9 Å². The Labute approximate surface area is 108 Å². The van der Waals surface area contributed by atoms with Gasteiger partial charge >= 0.3 is 0 Å². The summed E-state index contributed by atoms with van der Waals surface area (Å²) in [6.45, 7) is 12.4. The lowest BCUT2D eigenvalue weighted by atomic mass is 9.90. The molecule has 1 heterocycles. The number of halogens is 1. The van der Waals surface area contributed by atoms with Crippen molar-refractivity contribution in [1.82, 2.24) is 9.97 Å². The van der Waals surface area contributed by atoms with Crippen molar-refractivity contribution in [1.29, 1.82) is 0 Å². The standard InChI is InChI=1S/C12H21ClN4/c1-11(2,3)8-7(13)9(17-14)16-10(15-8)12(4,5)6/h14H2,1-6H3,(H,15,16,17). The largest absolute Gasteiger partial charge is 0.307 e. The second kappa shape index (κ2) is 4.42. The first-order valence-corrected chi connectivity index (χ1v) is 6.00. The van der Waals surface area contributed by atoms with Crippen molar-refractivity contribution in [3.8, 4) is 0 Å². The second-order valence-corrected chi connectivity index (χ2v) is 6.58. The third-order valence-corrected chi connectivity index (χ3v) is 2.73. The summed E-state index contributed by atoms with van der Waals surface area (Å²) in [7, 11) is 0. The minimum Gasteiger partial charge on any atom is -0.307 e. The Bertz CT molecular complexity index is 416. The molecule has 4 nitrogen and oxygen atoms in total. The normalized spacial score (nSPS) is 12.7. The number of anilines is 1. The Morgan fingerprint density at radius 2 is 1.53 bits per heavy atom. The van der Waals surface area contributed by atoms with E-state index in [0.29, 0.717) is 10.8 Å². The van der Waals surface area contributed by atoms with Crippen molar-refractivity contribution in [2.75, 3.05) is 5.43 Å². The zero-order valence-corrected chi connectivity index (χ0v) is 12.1. The van der Waals surface area contributed by atoms with E-state index in [1.165, 1.54) is 0 Å². The van der Waals surface area contributed by atoms with Gasteiger partial charge in [0.2, 0.25) is 0 Å². The van der Waals surface area contributed by atoms with Crippen LogP contribution in [0.25, 0.3) is 0 Å². The van der Waals surface area contributed by atoms with Crippen LogP contribution in [-0.4, -0.2) is 9.97 Å². The van der Waals surface area contributed by atoms with Crippen LogP contribution in [0.2, 0.25) is 5.02 Å². The summed E-state index contributed by atoms with van der Waals surface area (Å²) in [5.74, 6) is 6.67. The van der Waals surface area contributed by atoms with Gasteiger partial charge in [0.15, 0.2) is 5.82 Å². The first-order chi connectivity index (χ1) is 7.57. The van der Waals surface area contributed by atoms with Gasteiger partial charge in [0.25, 0.3) is 0 Å². The van der Waals surface area contributed by atoms with E-state index in [-0.39, 0.29) is 10.8 Å². The molecular formula is C12H21ClN4. The molecule has 0 atom stereocenters. The van der Waals surface area contributed by atoms with Crippen LogP contribution < -0.4 is 11.3 Å². The van der Waals surface area contributed by atoms with Gasteiger partial charge in [-0.2, -0.15) is 0 Å². The van der Waals surface area contributed by atoms with E-state index in [1.807, 2.05) is 0 Å². The molecule has 0 unspecified atom stereocenters. The summed E-state index contributed by atoms with van der Waals surface area (Å²) in [6.07, 6.45) is 0. The summed E-state index contributed by atoms with van der Waals surface area (Å²) in [5.41, 5.74) is 3.06. The Kier molecular flexibility index (Phi) is 3.69. The first kappa shape index (κ1) is 14.2. The molecule has 0 fully saturated rings. The van der Waals surface area contributed by atoms with Crippen molar-refractivity contribution >= 4 is 17.4 Å². The van der Waals surface area contributed by atoms with Crippen LogP contribution in [0.5, 0.6) is 0 Å². The SMILES string of the molecule is CC(C)(C)c1nc(NN)c(Cl)c(C(C)(C)C)n1. The maximum atomic E-state index is 6.25. The summed E-state index contributed by atoms with van der Waals surface area (Å²) >= 11 is 6.25. The van der Waals surface area contributed by atoms with Crippen LogP contribution in [0.1, 0.15) is 53.1 Å². The first-order valence-electron chi connectivity index (χ1n) is 5.62. The third-order valence-electron chi connectivity index (χ3n) is 2.37. The zero-order valence-electron chi connectivity index (χ0n) is 11.3. The maximum absolute atomic E-state index is 6.25. The predicted molar refractivity (Wildman–Crippen MR) is 72.3 cm³/mol. The Morgan fingerprint density at radius 3 is 1.88 bits per heavy atom. The number of nitrogen functional groups attached to an aromatic ring is 1. The molecule has 0 saturated heterocycles. The van der Waals surface area contributed by atoms with E-state index in [0.717, 1.165) is 11.5 Å². The topological polar surface area (TPSA) is 63.8 Å². The quantitative estimate of drug-likeness (QED) is 0.599. The molecule has 3 N–H and O–H groups in total. The molecule has 1 rings (SSSR count). The molecule has 0 radical (unpaired) electrons. The molecule has 5 heteroatoms. The minimum atomic E-state index is -0.147. The molecule has 0 aliphatic rings. The van der Waals surface area contributed by atoms with Gasteiger partial charge in [0.1, 0.15) is 10.8 Å². The molecule has 0 aliphatic carbocycles. The number of aromatic nitrogens is 2. The average Bonchev–Trinajstić information content (AvgIpc) is 2.14. The fraction of sp³-hybridized carbons (Fsp3) is 0.667. The summed E-state index contributed by atoms with van der Waals surface area (Å²) < 4.78 is 0. The van der Waals surface area contributed by atoms with Gasteiger partial charge in [0, 0.05) is 10.8 Å². The molecule has 0 bridgehead atoms. The molecule has 0 aromatic carbocycles. The van der Waals surface area contributed by atoms with Crippen LogP contribution in [0.3, 0.4) is 0 Å². The fourth-order valence-corrected chi connectivity index (χ4v) is 1.80. The number of nitrogens with two attached hydrogens (primary N) is 1. The minimum absolute atomic E-state index is 0.143. The Morgan fingerprint density at radius 1 is 1.00 bits per heavy atom. The number of hydrogen-bond acceptors (Lipinski definition) is 4. The molecule has 0 aliphatic heterocycles. The van der Waals surface area contributed by atoms with Crippen molar-refractivity contribution < 1.29 is 0 Å². The molecule has 0 spiro atoms. The smallest absolute Gasteiger partial charge is 0.162 e. The lowest BCUT2D eigenvalue weighted by Crippen LogP contribution is -2.24. The molecule has 1 aromatic heterocycles. The van der Waals surface area contributed by atoms with Crippen molar-refractivity contribution in [2.45, 2.75) is 52.4 Å². The van der Waals surface area contributed by atoms with E-state index in [9.17, 15) is 0 Å². The molecule has 96 valence electrons. The maximum Gasteiger partial charge on any atom is 0.162 e. The average molecular weight is 257 g/mol.